The van der Waals surface area contributed by atoms with E-state index >= 15 is 0 Å². The van der Waals surface area contributed by atoms with Crippen LogP contribution in [0.5, 0.6) is 5.75 Å². The lowest BCUT2D eigenvalue weighted by atomic mass is 10.1. The lowest BCUT2D eigenvalue weighted by molar-refractivity contribution is 0.0303. The topological polar surface area (TPSA) is 105 Å². The third-order valence-electron chi connectivity index (χ3n) is 6.77. The van der Waals surface area contributed by atoms with Crippen LogP contribution in [0.15, 0.2) is 51.7 Å². The van der Waals surface area contributed by atoms with Gasteiger partial charge in [-0.05, 0) is 37.4 Å². The van der Waals surface area contributed by atoms with Gasteiger partial charge in [0, 0.05) is 62.7 Å². The van der Waals surface area contributed by atoms with Gasteiger partial charge in [-0.1, -0.05) is 0 Å². The molecule has 1 aromatic heterocycles. The number of amides is 2. The Kier molecular flexibility index (Phi) is 7.11. The molecule has 0 aliphatic carbocycles. The number of rotatable bonds is 5. The number of anilines is 2. The van der Waals surface area contributed by atoms with E-state index in [1.165, 1.54) is 6.07 Å². The summed E-state index contributed by atoms with van der Waals surface area (Å²) in [4.78, 5) is 44.8. The van der Waals surface area contributed by atoms with Crippen LogP contribution < -0.4 is 20.4 Å². The molecule has 0 unspecified atom stereocenters. The maximum atomic E-state index is 13.1. The zero-order valence-electron chi connectivity index (χ0n) is 21.0. The lowest BCUT2D eigenvalue weighted by Gasteiger charge is -2.34. The third-order valence-corrected chi connectivity index (χ3v) is 6.77. The Morgan fingerprint density at radius 1 is 0.946 bits per heavy atom. The Hall–Kier alpha value is -3.89. The van der Waals surface area contributed by atoms with Crippen molar-refractivity contribution in [1.82, 2.24) is 9.80 Å². The number of carbonyl (C=O) groups is 2. The number of ether oxygens (including phenoxy) is 2. The van der Waals surface area contributed by atoms with Crippen LogP contribution in [0.2, 0.25) is 0 Å². The Bertz CT molecular complexity index is 1360. The second-order valence-electron chi connectivity index (χ2n) is 9.22. The summed E-state index contributed by atoms with van der Waals surface area (Å²) < 4.78 is 16.8. The van der Waals surface area contributed by atoms with Gasteiger partial charge in [0.05, 0.1) is 31.4 Å². The number of methoxy groups -OCH3 is 1. The van der Waals surface area contributed by atoms with Crippen molar-refractivity contribution in [2.45, 2.75) is 0 Å². The second kappa shape index (κ2) is 10.6. The predicted molar refractivity (Wildman–Crippen MR) is 140 cm³/mol. The van der Waals surface area contributed by atoms with Gasteiger partial charge in [0.25, 0.3) is 11.8 Å². The number of benzene rings is 2. The number of piperazine rings is 1. The molecule has 0 bridgehead atoms. The van der Waals surface area contributed by atoms with Crippen LogP contribution in [0.25, 0.3) is 11.0 Å². The Balaban J connectivity index is 1.39. The number of likely N-dealkylation sites (N-methyl/N-ethyl adjacent to an activating group) is 1. The molecule has 2 fully saturated rings. The highest BCUT2D eigenvalue weighted by Crippen LogP contribution is 2.32. The summed E-state index contributed by atoms with van der Waals surface area (Å²) in [5.41, 5.74) is 1.77. The Morgan fingerprint density at radius 3 is 2.32 bits per heavy atom. The van der Waals surface area contributed by atoms with Gasteiger partial charge in [-0.15, -0.1) is 0 Å². The van der Waals surface area contributed by atoms with Crippen molar-refractivity contribution in [1.29, 1.82) is 0 Å². The van der Waals surface area contributed by atoms with Crippen molar-refractivity contribution in [3.8, 4) is 5.75 Å². The predicted octanol–water partition coefficient (Wildman–Crippen LogP) is 2.28. The number of fused-ring (bicyclic) bond motifs is 1. The highest BCUT2D eigenvalue weighted by molar-refractivity contribution is 6.04. The highest BCUT2D eigenvalue weighted by Gasteiger charge is 2.22. The summed E-state index contributed by atoms with van der Waals surface area (Å²) in [7, 11) is 3.62. The fourth-order valence-corrected chi connectivity index (χ4v) is 4.56. The Morgan fingerprint density at radius 2 is 1.65 bits per heavy atom. The van der Waals surface area contributed by atoms with Crippen molar-refractivity contribution in [3.05, 3.63) is 64.0 Å². The van der Waals surface area contributed by atoms with Crippen molar-refractivity contribution < 1.29 is 23.5 Å². The Labute approximate surface area is 214 Å². The lowest BCUT2D eigenvalue weighted by Crippen LogP contribution is -2.44. The van der Waals surface area contributed by atoms with Crippen LogP contribution in [-0.4, -0.2) is 88.3 Å². The van der Waals surface area contributed by atoms with Crippen LogP contribution in [0.1, 0.15) is 20.9 Å². The molecule has 5 rings (SSSR count). The molecule has 0 atom stereocenters. The van der Waals surface area contributed by atoms with Crippen molar-refractivity contribution in [2.75, 3.05) is 76.9 Å². The van der Waals surface area contributed by atoms with Crippen LogP contribution in [0.3, 0.4) is 0 Å². The van der Waals surface area contributed by atoms with Gasteiger partial charge in [0.2, 0.25) is 0 Å². The number of nitrogens with one attached hydrogen (secondary N) is 1. The molecule has 2 amide bonds. The highest BCUT2D eigenvalue weighted by atomic mass is 16.5. The monoisotopic (exact) mass is 506 g/mol. The second-order valence-corrected chi connectivity index (χ2v) is 9.22. The third kappa shape index (κ3) is 5.30. The van der Waals surface area contributed by atoms with Crippen molar-refractivity contribution >= 4 is 34.2 Å². The molecule has 2 aliphatic heterocycles. The van der Waals surface area contributed by atoms with E-state index in [4.69, 9.17) is 13.9 Å². The van der Waals surface area contributed by atoms with Gasteiger partial charge < -0.3 is 33.9 Å². The summed E-state index contributed by atoms with van der Waals surface area (Å²) in [6.07, 6.45) is 0. The van der Waals surface area contributed by atoms with Gasteiger partial charge in [-0.3, -0.25) is 14.4 Å². The van der Waals surface area contributed by atoms with E-state index in [0.29, 0.717) is 54.3 Å². The van der Waals surface area contributed by atoms with Crippen LogP contribution in [0.4, 0.5) is 11.4 Å². The first kappa shape index (κ1) is 24.8. The number of carbonyl (C=O) groups excluding carboxylic acids is 2. The fourth-order valence-electron chi connectivity index (χ4n) is 4.56. The molecule has 10 nitrogen and oxygen atoms in total. The molecule has 1 N–H and O–H groups in total. The first-order valence-corrected chi connectivity index (χ1v) is 12.3. The van der Waals surface area contributed by atoms with E-state index in [9.17, 15) is 14.4 Å². The maximum Gasteiger partial charge on any atom is 0.291 e. The molecule has 194 valence electrons. The van der Waals surface area contributed by atoms with Gasteiger partial charge in [-0.25, -0.2) is 0 Å². The molecule has 0 saturated carbocycles. The molecule has 0 spiro atoms. The minimum absolute atomic E-state index is 0.0754. The number of nitrogens with zero attached hydrogens (tertiary/aromatic N) is 3. The van der Waals surface area contributed by atoms with Crippen LogP contribution in [-0.2, 0) is 4.74 Å². The normalized spacial score (nSPS) is 16.6. The number of hydrogen-bond acceptors (Lipinski definition) is 8. The molecule has 2 aliphatic rings. The van der Waals surface area contributed by atoms with Crippen LogP contribution >= 0.6 is 0 Å². The van der Waals surface area contributed by atoms with Gasteiger partial charge in [0.1, 0.15) is 5.75 Å². The van der Waals surface area contributed by atoms with E-state index < -0.39 is 5.91 Å². The largest absolute Gasteiger partial charge is 0.497 e. The summed E-state index contributed by atoms with van der Waals surface area (Å²) in [6, 6.07) is 11.3. The minimum atomic E-state index is -0.550. The van der Waals surface area contributed by atoms with E-state index in [0.717, 1.165) is 31.9 Å². The summed E-state index contributed by atoms with van der Waals surface area (Å²) in [6.45, 7) is 5.42. The molecule has 10 heteroatoms. The number of morpholine rings is 1. The van der Waals surface area contributed by atoms with Gasteiger partial charge >= 0.3 is 0 Å². The van der Waals surface area contributed by atoms with Gasteiger partial charge in [-0.2, -0.15) is 0 Å². The molecule has 2 saturated heterocycles. The van der Waals surface area contributed by atoms with E-state index in [2.05, 4.69) is 22.2 Å². The molecular weight excluding hydrogens is 476 g/mol. The molecule has 0 radical (unpaired) electrons. The zero-order valence-corrected chi connectivity index (χ0v) is 21.0. The van der Waals surface area contributed by atoms with Gasteiger partial charge in [0.15, 0.2) is 16.8 Å². The average Bonchev–Trinajstić information content (AvgIpc) is 2.93. The molecule has 2 aromatic carbocycles. The van der Waals surface area contributed by atoms with E-state index in [-0.39, 0.29) is 17.1 Å². The first-order valence-electron chi connectivity index (χ1n) is 12.3. The quantitative estimate of drug-likeness (QED) is 0.562. The summed E-state index contributed by atoms with van der Waals surface area (Å²) in [5, 5.41) is 3.12. The van der Waals surface area contributed by atoms with E-state index in [1.807, 2.05) is 6.07 Å². The summed E-state index contributed by atoms with van der Waals surface area (Å²) in [5.74, 6) is -0.163. The molecule has 3 aromatic rings. The smallest absolute Gasteiger partial charge is 0.291 e. The fraction of sp³-hybridized carbons (Fsp3) is 0.370. The average molecular weight is 507 g/mol. The molecule has 3 heterocycles. The zero-order chi connectivity index (χ0) is 25.9. The SMILES string of the molecule is COc1cc(N2CCN(C)CC2)c2oc(C(=O)Nc3ccc(C(=O)N4CCOCC4)cc3)cc(=O)c2c1. The van der Waals surface area contributed by atoms with E-state index in [1.54, 1.807) is 42.3 Å². The van der Waals surface area contributed by atoms with Crippen molar-refractivity contribution in [3.63, 3.8) is 0 Å². The summed E-state index contributed by atoms with van der Waals surface area (Å²) >= 11 is 0. The van der Waals surface area contributed by atoms with Crippen molar-refractivity contribution in [2.24, 2.45) is 0 Å². The molecule has 37 heavy (non-hydrogen) atoms. The molecular formula is C27H30N4O6. The maximum absolute atomic E-state index is 13.1. The van der Waals surface area contributed by atoms with Crippen LogP contribution in [0, 0.1) is 0 Å². The first-order chi connectivity index (χ1) is 17.9. The standard InChI is InChI=1S/C27H30N4O6/c1-29-7-9-30(10-8-29)22-16-20(35-2)15-21-23(32)17-24(37-25(21)22)26(33)28-19-5-3-18(4-6-19)27(34)31-11-13-36-14-12-31/h3-6,15-17H,7-14H2,1-2H3,(H,28,33). The number of hydrogen-bond donors (Lipinski definition) is 1. The minimum Gasteiger partial charge on any atom is -0.497 e.